The van der Waals surface area contributed by atoms with Crippen molar-refractivity contribution in [2.75, 3.05) is 11.4 Å². The molecule has 1 fully saturated rings. The van der Waals surface area contributed by atoms with E-state index in [9.17, 15) is 0 Å². The summed E-state index contributed by atoms with van der Waals surface area (Å²) in [7, 11) is 0. The molecule has 3 nitrogen and oxygen atoms in total. The Morgan fingerprint density at radius 3 is 3.00 bits per heavy atom. The van der Waals surface area contributed by atoms with E-state index in [2.05, 4.69) is 21.8 Å². The van der Waals surface area contributed by atoms with Crippen molar-refractivity contribution in [1.29, 1.82) is 0 Å². The molecule has 1 unspecified atom stereocenters. The van der Waals surface area contributed by atoms with E-state index in [-0.39, 0.29) is 0 Å². The maximum absolute atomic E-state index is 5.67. The van der Waals surface area contributed by atoms with Gasteiger partial charge in [-0.15, -0.1) is 0 Å². The molecule has 2 rings (SSSR count). The van der Waals surface area contributed by atoms with Crippen molar-refractivity contribution in [3.63, 3.8) is 0 Å². The molecule has 2 heterocycles. The van der Waals surface area contributed by atoms with Crippen molar-refractivity contribution in [2.24, 2.45) is 0 Å². The molecular weight excluding hydrogens is 174 g/mol. The molecule has 0 radical (unpaired) electrons. The van der Waals surface area contributed by atoms with Gasteiger partial charge < -0.3 is 4.90 Å². The fraction of sp³-hybridized carbons (Fsp3) is 0.500. The second-order valence-corrected chi connectivity index (χ2v) is 3.35. The molecule has 0 saturated carbocycles. The molecule has 0 aromatic carbocycles. The Labute approximate surface area is 76.4 Å². The summed E-state index contributed by atoms with van der Waals surface area (Å²) < 4.78 is 0. The zero-order valence-corrected chi connectivity index (χ0v) is 7.62. The normalized spacial score (nSPS) is 22.2. The third kappa shape index (κ3) is 1.25. The lowest BCUT2D eigenvalue weighted by atomic mass is 10.1. The summed E-state index contributed by atoms with van der Waals surface area (Å²) in [6.45, 7) is 3.26. The first kappa shape index (κ1) is 7.80. The van der Waals surface area contributed by atoms with Gasteiger partial charge >= 0.3 is 0 Å². The van der Waals surface area contributed by atoms with Gasteiger partial charge in [-0.3, -0.25) is 0 Å². The lowest BCUT2D eigenvalue weighted by molar-refractivity contribution is 0.476. The topological polar surface area (TPSA) is 29.0 Å². The minimum Gasteiger partial charge on any atom is -0.354 e. The molecule has 4 heteroatoms. The van der Waals surface area contributed by atoms with E-state index >= 15 is 0 Å². The Balaban J connectivity index is 2.22. The Morgan fingerprint density at radius 1 is 1.67 bits per heavy atom. The van der Waals surface area contributed by atoms with Crippen molar-refractivity contribution >= 4 is 17.4 Å². The van der Waals surface area contributed by atoms with Crippen LogP contribution < -0.4 is 4.90 Å². The van der Waals surface area contributed by atoms with Crippen molar-refractivity contribution in [2.45, 2.75) is 19.4 Å². The lowest BCUT2D eigenvalue weighted by Gasteiger charge is -2.39. The quantitative estimate of drug-likeness (QED) is 0.621. The first-order chi connectivity index (χ1) is 5.77. The molecule has 1 aliphatic heterocycles. The highest BCUT2D eigenvalue weighted by molar-refractivity contribution is 6.28. The number of rotatable bonds is 1. The molecule has 0 spiro atoms. The summed E-state index contributed by atoms with van der Waals surface area (Å²) in [5, 5.41) is 0.326. The molecule has 0 N–H and O–H groups in total. The van der Waals surface area contributed by atoms with Crippen LogP contribution in [0.3, 0.4) is 0 Å². The summed E-state index contributed by atoms with van der Waals surface area (Å²) in [5.41, 5.74) is 0. The molecular formula is C8H10ClN3. The second kappa shape index (κ2) is 2.90. The molecule has 0 bridgehead atoms. The Hall–Kier alpha value is -0.830. The number of hydrogen-bond acceptors (Lipinski definition) is 3. The number of nitrogens with zero attached hydrogens (tertiary/aromatic N) is 3. The van der Waals surface area contributed by atoms with E-state index in [1.165, 1.54) is 6.42 Å². The average Bonchev–Trinajstić information content (AvgIpc) is 2.02. The molecule has 12 heavy (non-hydrogen) atoms. The van der Waals surface area contributed by atoms with Crippen LogP contribution in [0.1, 0.15) is 13.3 Å². The predicted molar refractivity (Wildman–Crippen MR) is 48.5 cm³/mol. The first-order valence-corrected chi connectivity index (χ1v) is 4.40. The van der Waals surface area contributed by atoms with E-state index < -0.39 is 0 Å². The van der Waals surface area contributed by atoms with Gasteiger partial charge in [0.15, 0.2) is 0 Å². The van der Waals surface area contributed by atoms with Crippen molar-refractivity contribution in [3.05, 3.63) is 17.5 Å². The van der Waals surface area contributed by atoms with Crippen LogP contribution >= 0.6 is 11.6 Å². The van der Waals surface area contributed by atoms with Gasteiger partial charge in [-0.25, -0.2) is 9.97 Å². The molecule has 0 aliphatic carbocycles. The van der Waals surface area contributed by atoms with Crippen molar-refractivity contribution in [3.8, 4) is 0 Å². The summed E-state index contributed by atoms with van der Waals surface area (Å²) in [4.78, 5) is 10.2. The molecule has 1 aliphatic rings. The number of hydrogen-bond donors (Lipinski definition) is 0. The maximum atomic E-state index is 5.67. The van der Waals surface area contributed by atoms with Crippen LogP contribution in [0.25, 0.3) is 0 Å². The van der Waals surface area contributed by atoms with Crippen LogP contribution in [0.5, 0.6) is 0 Å². The predicted octanol–water partition coefficient (Wildman–Crippen LogP) is 1.73. The SMILES string of the molecule is CC1CCN1c1ccnc(Cl)n1. The molecule has 0 amide bonds. The van der Waals surface area contributed by atoms with E-state index in [1.807, 2.05) is 6.07 Å². The Morgan fingerprint density at radius 2 is 2.50 bits per heavy atom. The zero-order valence-electron chi connectivity index (χ0n) is 6.87. The van der Waals surface area contributed by atoms with E-state index in [1.54, 1.807) is 6.20 Å². The Kier molecular flexibility index (Phi) is 1.89. The van der Waals surface area contributed by atoms with Gasteiger partial charge in [0.2, 0.25) is 5.28 Å². The highest BCUT2D eigenvalue weighted by Gasteiger charge is 2.24. The zero-order chi connectivity index (χ0) is 8.55. The van der Waals surface area contributed by atoms with E-state index in [4.69, 9.17) is 11.6 Å². The highest BCUT2D eigenvalue weighted by Crippen LogP contribution is 2.24. The van der Waals surface area contributed by atoms with Crippen LogP contribution in [0.2, 0.25) is 5.28 Å². The Bertz CT molecular complexity index is 289. The standard InChI is InChI=1S/C8H10ClN3/c1-6-3-5-12(6)7-2-4-10-8(9)11-7/h2,4,6H,3,5H2,1H3. The maximum Gasteiger partial charge on any atom is 0.224 e. The summed E-state index contributed by atoms with van der Waals surface area (Å²) in [5.74, 6) is 0.939. The van der Waals surface area contributed by atoms with Crippen LogP contribution in [0, 0.1) is 0 Å². The number of aromatic nitrogens is 2. The van der Waals surface area contributed by atoms with Gasteiger partial charge in [0.1, 0.15) is 5.82 Å². The van der Waals surface area contributed by atoms with E-state index in [0.717, 1.165) is 12.4 Å². The van der Waals surface area contributed by atoms with Crippen molar-refractivity contribution in [1.82, 2.24) is 9.97 Å². The van der Waals surface area contributed by atoms with Gasteiger partial charge in [-0.2, -0.15) is 0 Å². The third-order valence-corrected chi connectivity index (χ3v) is 2.41. The molecule has 1 aromatic rings. The molecule has 64 valence electrons. The minimum absolute atomic E-state index is 0.326. The summed E-state index contributed by atoms with van der Waals surface area (Å²) in [6, 6.07) is 2.48. The molecule has 1 aromatic heterocycles. The minimum atomic E-state index is 0.326. The van der Waals surface area contributed by atoms with Gasteiger partial charge in [-0.1, -0.05) is 0 Å². The smallest absolute Gasteiger partial charge is 0.224 e. The van der Waals surface area contributed by atoms with Crippen LogP contribution in [-0.4, -0.2) is 22.6 Å². The van der Waals surface area contributed by atoms with E-state index in [0.29, 0.717) is 11.3 Å². The highest BCUT2D eigenvalue weighted by atomic mass is 35.5. The number of anilines is 1. The van der Waals surface area contributed by atoms with Crippen LogP contribution in [-0.2, 0) is 0 Å². The summed E-state index contributed by atoms with van der Waals surface area (Å²) >= 11 is 5.67. The second-order valence-electron chi connectivity index (χ2n) is 3.01. The largest absolute Gasteiger partial charge is 0.354 e. The van der Waals surface area contributed by atoms with Gasteiger partial charge in [0.25, 0.3) is 0 Å². The summed E-state index contributed by atoms with van der Waals surface area (Å²) in [6.07, 6.45) is 2.93. The molecule has 1 saturated heterocycles. The first-order valence-electron chi connectivity index (χ1n) is 4.02. The average molecular weight is 184 g/mol. The molecule has 1 atom stereocenters. The van der Waals surface area contributed by atoms with Gasteiger partial charge in [-0.05, 0) is 31.0 Å². The van der Waals surface area contributed by atoms with Crippen molar-refractivity contribution < 1.29 is 0 Å². The van der Waals surface area contributed by atoms with Gasteiger partial charge in [0.05, 0.1) is 0 Å². The van der Waals surface area contributed by atoms with Gasteiger partial charge in [0, 0.05) is 18.8 Å². The number of halogens is 1. The fourth-order valence-electron chi connectivity index (χ4n) is 1.34. The third-order valence-electron chi connectivity index (χ3n) is 2.23. The fourth-order valence-corrected chi connectivity index (χ4v) is 1.49. The van der Waals surface area contributed by atoms with Crippen LogP contribution in [0.15, 0.2) is 12.3 Å². The monoisotopic (exact) mass is 183 g/mol. The lowest BCUT2D eigenvalue weighted by Crippen LogP contribution is -2.46. The van der Waals surface area contributed by atoms with Crippen LogP contribution in [0.4, 0.5) is 5.82 Å².